The van der Waals surface area contributed by atoms with Crippen LogP contribution in [-0.2, 0) is 0 Å². The first kappa shape index (κ1) is 10.9. The van der Waals surface area contributed by atoms with Crippen molar-refractivity contribution in [3.8, 4) is 0 Å². The first-order chi connectivity index (χ1) is 4.76. The molecule has 11 heavy (non-hydrogen) atoms. The van der Waals surface area contributed by atoms with Crippen molar-refractivity contribution < 1.29 is 0 Å². The predicted octanol–water partition coefficient (Wildman–Crippen LogP) is 1.34. The highest BCUT2D eigenvalue weighted by Gasteiger charge is 2.27. The Kier molecular flexibility index (Phi) is 3.52. The van der Waals surface area contributed by atoms with E-state index < -0.39 is 0 Å². The Balaban J connectivity index is 4.13. The molecule has 3 atom stereocenters. The van der Waals surface area contributed by atoms with Crippen molar-refractivity contribution in [3.63, 3.8) is 0 Å². The number of rotatable bonds is 3. The van der Waals surface area contributed by atoms with Crippen LogP contribution >= 0.6 is 0 Å². The molecule has 0 aromatic rings. The van der Waals surface area contributed by atoms with Crippen molar-refractivity contribution in [2.75, 3.05) is 0 Å². The molecule has 0 rings (SSSR count). The van der Waals surface area contributed by atoms with Gasteiger partial charge >= 0.3 is 0 Å². The summed E-state index contributed by atoms with van der Waals surface area (Å²) in [7, 11) is 0. The molecule has 0 fully saturated rings. The summed E-state index contributed by atoms with van der Waals surface area (Å²) in [6, 6.07) is 0.229. The standard InChI is InChI=1S/C9H22N2/c1-6(8(3)10)7(2)9(4,5)11/h6-8H,10-11H2,1-5H3. The quantitative estimate of drug-likeness (QED) is 0.651. The van der Waals surface area contributed by atoms with E-state index in [1.165, 1.54) is 0 Å². The summed E-state index contributed by atoms with van der Waals surface area (Å²) in [4.78, 5) is 0. The third kappa shape index (κ3) is 3.21. The van der Waals surface area contributed by atoms with Gasteiger partial charge in [-0.05, 0) is 32.6 Å². The van der Waals surface area contributed by atoms with E-state index in [9.17, 15) is 0 Å². The topological polar surface area (TPSA) is 52.0 Å². The molecule has 0 spiro atoms. The maximum absolute atomic E-state index is 5.96. The van der Waals surface area contributed by atoms with E-state index in [0.717, 1.165) is 0 Å². The van der Waals surface area contributed by atoms with Gasteiger partial charge in [0.1, 0.15) is 0 Å². The van der Waals surface area contributed by atoms with Gasteiger partial charge < -0.3 is 11.5 Å². The number of nitrogens with two attached hydrogens (primary N) is 2. The van der Waals surface area contributed by atoms with E-state index in [1.54, 1.807) is 0 Å². The van der Waals surface area contributed by atoms with Gasteiger partial charge in [0.2, 0.25) is 0 Å². The Morgan fingerprint density at radius 2 is 1.45 bits per heavy atom. The fourth-order valence-electron chi connectivity index (χ4n) is 1.13. The van der Waals surface area contributed by atoms with Crippen molar-refractivity contribution in [2.45, 2.75) is 46.2 Å². The molecule has 0 saturated heterocycles. The lowest BCUT2D eigenvalue weighted by Crippen LogP contribution is -2.46. The molecule has 2 heteroatoms. The van der Waals surface area contributed by atoms with Crippen molar-refractivity contribution in [2.24, 2.45) is 23.3 Å². The molecule has 2 nitrogen and oxygen atoms in total. The van der Waals surface area contributed by atoms with Crippen LogP contribution in [0, 0.1) is 11.8 Å². The molecule has 0 amide bonds. The van der Waals surface area contributed by atoms with Gasteiger partial charge in [-0.2, -0.15) is 0 Å². The average Bonchev–Trinajstić information content (AvgIpc) is 1.82. The van der Waals surface area contributed by atoms with Gasteiger partial charge in [0, 0.05) is 11.6 Å². The van der Waals surface area contributed by atoms with Crippen molar-refractivity contribution in [1.29, 1.82) is 0 Å². The Morgan fingerprint density at radius 1 is 1.09 bits per heavy atom. The van der Waals surface area contributed by atoms with Crippen LogP contribution in [0.15, 0.2) is 0 Å². The normalized spacial score (nSPS) is 21.0. The number of hydrogen-bond acceptors (Lipinski definition) is 2. The van der Waals surface area contributed by atoms with Crippen molar-refractivity contribution >= 4 is 0 Å². The van der Waals surface area contributed by atoms with Gasteiger partial charge in [0.15, 0.2) is 0 Å². The van der Waals surface area contributed by atoms with Crippen LogP contribution in [-0.4, -0.2) is 11.6 Å². The molecule has 0 aromatic carbocycles. The maximum Gasteiger partial charge on any atom is 0.0126 e. The zero-order valence-electron chi connectivity index (χ0n) is 8.39. The van der Waals surface area contributed by atoms with E-state index >= 15 is 0 Å². The highest BCUT2D eigenvalue weighted by molar-refractivity contribution is 4.85. The van der Waals surface area contributed by atoms with Crippen molar-refractivity contribution in [3.05, 3.63) is 0 Å². The van der Waals surface area contributed by atoms with Crippen LogP contribution in [0.25, 0.3) is 0 Å². The molecule has 0 aliphatic heterocycles. The minimum Gasteiger partial charge on any atom is -0.328 e. The first-order valence-corrected chi connectivity index (χ1v) is 4.31. The van der Waals surface area contributed by atoms with Crippen LogP contribution in [0.5, 0.6) is 0 Å². The molecule has 0 heterocycles. The van der Waals surface area contributed by atoms with Crippen LogP contribution in [0.2, 0.25) is 0 Å². The lowest BCUT2D eigenvalue weighted by molar-refractivity contribution is 0.228. The van der Waals surface area contributed by atoms with Crippen molar-refractivity contribution in [1.82, 2.24) is 0 Å². The monoisotopic (exact) mass is 158 g/mol. The third-order valence-corrected chi connectivity index (χ3v) is 2.79. The van der Waals surface area contributed by atoms with Gasteiger partial charge in [-0.15, -0.1) is 0 Å². The largest absolute Gasteiger partial charge is 0.328 e. The summed E-state index contributed by atoms with van der Waals surface area (Å²) in [5.74, 6) is 0.942. The minimum absolute atomic E-state index is 0.118. The highest BCUT2D eigenvalue weighted by atomic mass is 14.7. The molecule has 4 N–H and O–H groups in total. The zero-order chi connectivity index (χ0) is 9.23. The molecular formula is C9H22N2. The van der Waals surface area contributed by atoms with Gasteiger partial charge in [-0.1, -0.05) is 13.8 Å². The molecule has 0 aliphatic rings. The molecule has 0 saturated carbocycles. The summed E-state index contributed by atoms with van der Waals surface area (Å²) in [6.45, 7) is 10.5. The summed E-state index contributed by atoms with van der Waals surface area (Å²) in [5.41, 5.74) is 11.6. The molecule has 68 valence electrons. The van der Waals surface area contributed by atoms with Gasteiger partial charge in [-0.25, -0.2) is 0 Å². The summed E-state index contributed by atoms with van der Waals surface area (Å²) in [6.07, 6.45) is 0. The van der Waals surface area contributed by atoms with E-state index in [0.29, 0.717) is 11.8 Å². The second kappa shape index (κ2) is 3.55. The summed E-state index contributed by atoms with van der Waals surface area (Å²) >= 11 is 0. The molecule has 0 aliphatic carbocycles. The lowest BCUT2D eigenvalue weighted by atomic mass is 9.78. The summed E-state index contributed by atoms with van der Waals surface area (Å²) in [5, 5.41) is 0. The Bertz CT molecular complexity index is 113. The Labute approximate surface area is 70.3 Å². The van der Waals surface area contributed by atoms with Crippen LogP contribution in [0.3, 0.4) is 0 Å². The van der Waals surface area contributed by atoms with E-state index in [4.69, 9.17) is 11.5 Å². The fraction of sp³-hybridized carbons (Fsp3) is 1.00. The lowest BCUT2D eigenvalue weighted by Gasteiger charge is -2.34. The van der Waals surface area contributed by atoms with Crippen LogP contribution in [0.4, 0.5) is 0 Å². The molecule has 0 bridgehead atoms. The Morgan fingerprint density at radius 3 is 1.55 bits per heavy atom. The number of hydrogen-bond donors (Lipinski definition) is 2. The Hall–Kier alpha value is -0.0800. The van der Waals surface area contributed by atoms with Gasteiger partial charge in [-0.3, -0.25) is 0 Å². The second-order valence-corrected chi connectivity index (χ2v) is 4.33. The minimum atomic E-state index is -0.118. The molecule has 0 radical (unpaired) electrons. The molecule has 3 unspecified atom stereocenters. The summed E-state index contributed by atoms with van der Waals surface area (Å²) < 4.78 is 0. The molecule has 0 aromatic heterocycles. The average molecular weight is 158 g/mol. The predicted molar refractivity (Wildman–Crippen MR) is 50.2 cm³/mol. The van der Waals surface area contributed by atoms with Crippen LogP contribution in [0.1, 0.15) is 34.6 Å². The highest BCUT2D eigenvalue weighted by Crippen LogP contribution is 2.23. The third-order valence-electron chi connectivity index (χ3n) is 2.79. The SMILES string of the molecule is CC(N)C(C)C(C)C(C)(C)N. The smallest absolute Gasteiger partial charge is 0.0126 e. The van der Waals surface area contributed by atoms with Crippen LogP contribution < -0.4 is 11.5 Å². The van der Waals surface area contributed by atoms with Gasteiger partial charge in [0.05, 0.1) is 0 Å². The van der Waals surface area contributed by atoms with E-state index in [1.807, 2.05) is 6.92 Å². The molecular weight excluding hydrogens is 136 g/mol. The van der Waals surface area contributed by atoms with Gasteiger partial charge in [0.25, 0.3) is 0 Å². The van der Waals surface area contributed by atoms with E-state index in [-0.39, 0.29) is 11.6 Å². The zero-order valence-corrected chi connectivity index (χ0v) is 8.39. The fourth-order valence-corrected chi connectivity index (χ4v) is 1.13. The van der Waals surface area contributed by atoms with E-state index in [2.05, 4.69) is 27.7 Å². The second-order valence-electron chi connectivity index (χ2n) is 4.33. The first-order valence-electron chi connectivity index (χ1n) is 4.31. The maximum atomic E-state index is 5.96.